The predicted molar refractivity (Wildman–Crippen MR) is 72.1 cm³/mol. The first kappa shape index (κ1) is 13.2. The Bertz CT molecular complexity index is 785. The van der Waals surface area contributed by atoms with Crippen LogP contribution in [0.5, 0.6) is 11.8 Å². The zero-order chi connectivity index (χ0) is 15.2. The first-order valence-corrected chi connectivity index (χ1v) is 5.97. The minimum absolute atomic E-state index is 0.129. The Morgan fingerprint density at radius 1 is 1.14 bits per heavy atom. The van der Waals surface area contributed by atoms with Crippen LogP contribution in [0, 0.1) is 11.3 Å². The minimum atomic E-state index is 0.129. The molecule has 3 N–H and O–H groups in total. The van der Waals surface area contributed by atoms with Gasteiger partial charge in [0.15, 0.2) is 0 Å². The predicted octanol–water partition coefficient (Wildman–Crippen LogP) is 0.482. The molecule has 0 fully saturated rings. The lowest BCUT2D eigenvalue weighted by Gasteiger charge is -2.03. The normalized spacial score (nSPS) is 11.0. The Hall–Kier alpha value is -3.81. The molecule has 0 aliphatic heterocycles. The summed E-state index contributed by atoms with van der Waals surface area (Å²) in [7, 11) is 0. The third kappa shape index (κ3) is 3.02. The molecule has 0 aliphatic rings. The molecule has 108 valence electrons. The molecule has 3 aromatic rings. The number of tetrazole rings is 2. The molecular formula is C11H8N10O. The average Bonchev–Trinajstić information content (AvgIpc) is 3.23. The van der Waals surface area contributed by atoms with Gasteiger partial charge in [-0.15, -0.1) is 10.2 Å². The van der Waals surface area contributed by atoms with E-state index in [0.29, 0.717) is 5.75 Å². The Kier molecular flexibility index (Phi) is 3.65. The molecule has 11 nitrogen and oxygen atoms in total. The molecule has 0 spiro atoms. The minimum Gasteiger partial charge on any atom is -0.422 e. The lowest BCUT2D eigenvalue weighted by atomic mass is 10.3. The molecule has 2 aromatic heterocycles. The smallest absolute Gasteiger partial charge is 0.361 e. The van der Waals surface area contributed by atoms with E-state index in [9.17, 15) is 0 Å². The van der Waals surface area contributed by atoms with Crippen molar-refractivity contribution in [3.8, 4) is 17.8 Å². The molecule has 0 radical (unpaired) electrons. The van der Waals surface area contributed by atoms with Gasteiger partial charge in [0.2, 0.25) is 5.82 Å². The standard InChI is InChI=1S/C11H8N10O/c12-5-7(10-14-18-19-15-10)6-13-8-1-3-9(4-2-8)22-11-16-20-21-17-11/h1-4,6,13H,(H,14,15,18,19)(H,16,17,20,21). The number of nitrogens with zero attached hydrogens (tertiary/aromatic N) is 7. The number of ether oxygens (including phenoxy) is 1. The number of benzene rings is 1. The first-order valence-electron chi connectivity index (χ1n) is 5.97. The van der Waals surface area contributed by atoms with Crippen molar-refractivity contribution in [2.45, 2.75) is 0 Å². The van der Waals surface area contributed by atoms with Crippen molar-refractivity contribution < 1.29 is 4.74 Å². The number of nitriles is 1. The third-order valence-corrected chi connectivity index (χ3v) is 2.48. The van der Waals surface area contributed by atoms with Crippen LogP contribution in [0.1, 0.15) is 5.82 Å². The van der Waals surface area contributed by atoms with Crippen LogP contribution in [0.4, 0.5) is 5.69 Å². The maximum Gasteiger partial charge on any atom is 0.361 e. The molecule has 0 aliphatic carbocycles. The molecule has 22 heavy (non-hydrogen) atoms. The number of allylic oxidation sites excluding steroid dienone is 1. The highest BCUT2D eigenvalue weighted by Crippen LogP contribution is 2.20. The van der Waals surface area contributed by atoms with Gasteiger partial charge in [-0.1, -0.05) is 10.2 Å². The van der Waals surface area contributed by atoms with E-state index >= 15 is 0 Å². The van der Waals surface area contributed by atoms with E-state index in [4.69, 9.17) is 10.00 Å². The second-order valence-electron chi connectivity index (χ2n) is 3.87. The Labute approximate surface area is 123 Å². The van der Waals surface area contributed by atoms with E-state index in [-0.39, 0.29) is 17.4 Å². The second-order valence-corrected chi connectivity index (χ2v) is 3.87. The molecule has 11 heteroatoms. The molecule has 0 saturated heterocycles. The van der Waals surface area contributed by atoms with E-state index in [0.717, 1.165) is 5.69 Å². The quantitative estimate of drug-likeness (QED) is 0.570. The summed E-state index contributed by atoms with van der Waals surface area (Å²) in [4.78, 5) is 0. The van der Waals surface area contributed by atoms with E-state index in [1.165, 1.54) is 6.20 Å². The van der Waals surface area contributed by atoms with Crippen molar-refractivity contribution in [2.24, 2.45) is 0 Å². The van der Waals surface area contributed by atoms with Crippen LogP contribution in [0.3, 0.4) is 0 Å². The molecular weight excluding hydrogens is 288 g/mol. The molecule has 3 rings (SSSR count). The molecule has 0 saturated carbocycles. The number of hydrogen-bond acceptors (Lipinski definition) is 9. The lowest BCUT2D eigenvalue weighted by molar-refractivity contribution is 0.442. The summed E-state index contributed by atoms with van der Waals surface area (Å²) in [5, 5.41) is 38.2. The highest BCUT2D eigenvalue weighted by atomic mass is 16.5. The summed E-state index contributed by atoms with van der Waals surface area (Å²) in [6.07, 6.45) is 1.49. The van der Waals surface area contributed by atoms with Crippen LogP contribution < -0.4 is 10.1 Å². The Balaban J connectivity index is 1.67. The third-order valence-electron chi connectivity index (χ3n) is 2.48. The summed E-state index contributed by atoms with van der Waals surface area (Å²) >= 11 is 0. The fourth-order valence-electron chi connectivity index (χ4n) is 1.50. The highest BCUT2D eigenvalue weighted by molar-refractivity contribution is 5.74. The summed E-state index contributed by atoms with van der Waals surface area (Å²) in [6.45, 7) is 0. The van der Waals surface area contributed by atoms with Gasteiger partial charge in [0.05, 0.1) is 0 Å². The van der Waals surface area contributed by atoms with Crippen LogP contribution in [-0.4, -0.2) is 41.2 Å². The topological polar surface area (TPSA) is 154 Å². The zero-order valence-corrected chi connectivity index (χ0v) is 10.9. The number of anilines is 1. The highest BCUT2D eigenvalue weighted by Gasteiger charge is 2.05. The van der Waals surface area contributed by atoms with E-state index < -0.39 is 0 Å². The van der Waals surface area contributed by atoms with Gasteiger partial charge < -0.3 is 10.1 Å². The van der Waals surface area contributed by atoms with Gasteiger partial charge in [-0.3, -0.25) is 0 Å². The summed E-state index contributed by atoms with van der Waals surface area (Å²) in [5.41, 5.74) is 0.998. The van der Waals surface area contributed by atoms with Gasteiger partial charge in [-0.25, -0.2) is 0 Å². The largest absolute Gasteiger partial charge is 0.422 e. The molecule has 1 aromatic carbocycles. The maximum atomic E-state index is 9.04. The van der Waals surface area contributed by atoms with Crippen molar-refractivity contribution >= 4 is 11.3 Å². The van der Waals surface area contributed by atoms with E-state index in [1.807, 2.05) is 6.07 Å². The van der Waals surface area contributed by atoms with Crippen LogP contribution in [0.25, 0.3) is 5.57 Å². The van der Waals surface area contributed by atoms with Gasteiger partial charge in [0.25, 0.3) is 0 Å². The Morgan fingerprint density at radius 3 is 2.55 bits per heavy atom. The van der Waals surface area contributed by atoms with Crippen molar-refractivity contribution in [1.29, 1.82) is 5.26 Å². The Morgan fingerprint density at radius 2 is 1.91 bits per heavy atom. The molecule has 2 heterocycles. The summed E-state index contributed by atoms with van der Waals surface area (Å²) in [5.74, 6) is 0.765. The lowest BCUT2D eigenvalue weighted by Crippen LogP contribution is -1.93. The van der Waals surface area contributed by atoms with Crippen molar-refractivity contribution in [1.82, 2.24) is 41.2 Å². The van der Waals surface area contributed by atoms with Gasteiger partial charge in [-0.05, 0) is 34.7 Å². The molecule has 0 bridgehead atoms. The van der Waals surface area contributed by atoms with E-state index in [2.05, 4.69) is 46.6 Å². The monoisotopic (exact) mass is 296 g/mol. The van der Waals surface area contributed by atoms with Crippen molar-refractivity contribution in [3.63, 3.8) is 0 Å². The van der Waals surface area contributed by atoms with Gasteiger partial charge in [0.1, 0.15) is 17.4 Å². The van der Waals surface area contributed by atoms with Crippen LogP contribution in [-0.2, 0) is 0 Å². The van der Waals surface area contributed by atoms with Crippen LogP contribution in [0.2, 0.25) is 0 Å². The van der Waals surface area contributed by atoms with Gasteiger partial charge in [-0.2, -0.15) is 15.7 Å². The van der Waals surface area contributed by atoms with Crippen molar-refractivity contribution in [3.05, 3.63) is 36.3 Å². The fourth-order valence-corrected chi connectivity index (χ4v) is 1.50. The number of hydrogen-bond donors (Lipinski definition) is 3. The zero-order valence-electron chi connectivity index (χ0n) is 10.9. The maximum absolute atomic E-state index is 9.04. The summed E-state index contributed by atoms with van der Waals surface area (Å²) < 4.78 is 5.34. The van der Waals surface area contributed by atoms with E-state index in [1.54, 1.807) is 24.3 Å². The molecule has 0 atom stereocenters. The van der Waals surface area contributed by atoms with Crippen LogP contribution in [0.15, 0.2) is 30.5 Å². The SMILES string of the molecule is N#CC(=CNc1ccc(Oc2nn[nH]n2)cc1)c1nn[nH]n1. The number of rotatable bonds is 5. The van der Waals surface area contributed by atoms with Crippen LogP contribution >= 0.6 is 0 Å². The first-order chi connectivity index (χ1) is 10.8. The number of H-pyrrole nitrogens is 2. The average molecular weight is 296 g/mol. The second kappa shape index (κ2) is 6.09. The number of aromatic amines is 2. The van der Waals surface area contributed by atoms with Gasteiger partial charge in [0, 0.05) is 11.9 Å². The fraction of sp³-hybridized carbons (Fsp3) is 0. The number of aromatic nitrogens is 8. The van der Waals surface area contributed by atoms with Crippen molar-refractivity contribution in [2.75, 3.05) is 5.32 Å². The van der Waals surface area contributed by atoms with Gasteiger partial charge >= 0.3 is 6.01 Å². The molecule has 0 amide bonds. The number of nitrogens with one attached hydrogen (secondary N) is 3. The molecule has 0 unspecified atom stereocenters. The summed E-state index contributed by atoms with van der Waals surface area (Å²) in [6, 6.07) is 9.06.